The van der Waals surface area contributed by atoms with E-state index in [0.29, 0.717) is 17.7 Å². The van der Waals surface area contributed by atoms with Crippen LogP contribution in [0, 0.1) is 13.8 Å². The van der Waals surface area contributed by atoms with Crippen LogP contribution in [0.5, 0.6) is 5.75 Å². The Hall–Kier alpha value is -2.03. The molecule has 2 aromatic rings. The fraction of sp³-hybridized carbons (Fsp3) is 0.267. The highest BCUT2D eigenvalue weighted by atomic mass is 16.5. The number of aryl methyl sites for hydroxylation is 2. The minimum Gasteiger partial charge on any atom is -0.482 e. The first-order valence-electron chi connectivity index (χ1n) is 6.01. The van der Waals surface area contributed by atoms with Crippen LogP contribution in [0.4, 0.5) is 0 Å². The zero-order chi connectivity index (χ0) is 12.7. The standard InChI is InChI=1S/C15H14O3/c1-9-7-12(10(2)17-9)15(16)14-8-11-5-3-4-6-13(11)18-14/h3-7,14H,8H2,1-2H3. The molecule has 3 rings (SSSR count). The molecule has 1 aliphatic heterocycles. The van der Waals surface area contributed by atoms with Crippen LogP contribution < -0.4 is 4.74 Å². The van der Waals surface area contributed by atoms with Gasteiger partial charge in [0, 0.05) is 6.42 Å². The normalized spacial score (nSPS) is 17.3. The van der Waals surface area contributed by atoms with Crippen LogP contribution in [0.25, 0.3) is 0 Å². The number of hydrogen-bond acceptors (Lipinski definition) is 3. The van der Waals surface area contributed by atoms with Crippen molar-refractivity contribution in [3.8, 4) is 5.75 Å². The predicted octanol–water partition coefficient (Wildman–Crippen LogP) is 3.08. The molecule has 3 nitrogen and oxygen atoms in total. The summed E-state index contributed by atoms with van der Waals surface area (Å²) < 4.78 is 11.1. The third-order valence-corrected chi connectivity index (χ3v) is 3.25. The second-order valence-corrected chi connectivity index (χ2v) is 4.61. The molecule has 0 fully saturated rings. The van der Waals surface area contributed by atoms with E-state index >= 15 is 0 Å². The summed E-state index contributed by atoms with van der Waals surface area (Å²) in [5, 5.41) is 0. The molecule has 1 unspecified atom stereocenters. The van der Waals surface area contributed by atoms with Gasteiger partial charge in [0.25, 0.3) is 0 Å². The predicted molar refractivity (Wildman–Crippen MR) is 67.1 cm³/mol. The summed E-state index contributed by atoms with van der Waals surface area (Å²) in [6.07, 6.45) is 0.219. The molecule has 18 heavy (non-hydrogen) atoms. The van der Waals surface area contributed by atoms with Crippen molar-refractivity contribution in [1.29, 1.82) is 0 Å². The molecular weight excluding hydrogens is 228 g/mol. The number of furan rings is 1. The largest absolute Gasteiger partial charge is 0.482 e. The van der Waals surface area contributed by atoms with Gasteiger partial charge in [0.1, 0.15) is 17.3 Å². The molecule has 0 saturated carbocycles. The molecule has 1 atom stereocenters. The van der Waals surface area contributed by atoms with Crippen molar-refractivity contribution in [2.45, 2.75) is 26.4 Å². The first-order chi connectivity index (χ1) is 8.65. The van der Waals surface area contributed by atoms with E-state index in [1.807, 2.05) is 38.1 Å². The Kier molecular flexibility index (Phi) is 2.47. The number of rotatable bonds is 2. The Morgan fingerprint density at radius 1 is 1.28 bits per heavy atom. The van der Waals surface area contributed by atoms with Crippen molar-refractivity contribution in [1.82, 2.24) is 0 Å². The zero-order valence-electron chi connectivity index (χ0n) is 10.4. The number of carbonyl (C=O) groups is 1. The van der Waals surface area contributed by atoms with Gasteiger partial charge < -0.3 is 9.15 Å². The Labute approximate surface area is 105 Å². The fourth-order valence-electron chi connectivity index (χ4n) is 2.38. The number of Topliss-reactive ketones (excluding diaryl/α,β-unsaturated/α-hetero) is 1. The van der Waals surface area contributed by atoms with Crippen LogP contribution in [-0.2, 0) is 6.42 Å². The van der Waals surface area contributed by atoms with E-state index < -0.39 is 6.10 Å². The van der Waals surface area contributed by atoms with Crippen LogP contribution in [0.2, 0.25) is 0 Å². The van der Waals surface area contributed by atoms with Crippen LogP contribution in [0.1, 0.15) is 27.4 Å². The number of para-hydroxylation sites is 1. The third-order valence-electron chi connectivity index (χ3n) is 3.25. The lowest BCUT2D eigenvalue weighted by molar-refractivity contribution is 0.0823. The highest BCUT2D eigenvalue weighted by Crippen LogP contribution is 2.30. The molecule has 92 valence electrons. The van der Waals surface area contributed by atoms with E-state index in [4.69, 9.17) is 9.15 Å². The lowest BCUT2D eigenvalue weighted by Gasteiger charge is -2.08. The van der Waals surface area contributed by atoms with E-state index in [-0.39, 0.29) is 5.78 Å². The smallest absolute Gasteiger partial charge is 0.207 e. The van der Waals surface area contributed by atoms with Gasteiger partial charge in [-0.1, -0.05) is 18.2 Å². The number of fused-ring (bicyclic) bond motifs is 1. The maximum absolute atomic E-state index is 12.4. The van der Waals surface area contributed by atoms with Gasteiger partial charge in [-0.15, -0.1) is 0 Å². The summed E-state index contributed by atoms with van der Waals surface area (Å²) in [7, 11) is 0. The summed E-state index contributed by atoms with van der Waals surface area (Å²) in [6, 6.07) is 9.55. The summed E-state index contributed by atoms with van der Waals surface area (Å²) in [5.41, 5.74) is 1.72. The Balaban J connectivity index is 1.87. The first kappa shape index (κ1) is 11.1. The van der Waals surface area contributed by atoms with Crippen molar-refractivity contribution in [2.75, 3.05) is 0 Å². The van der Waals surface area contributed by atoms with Crippen LogP contribution >= 0.6 is 0 Å². The van der Waals surface area contributed by atoms with Gasteiger partial charge in [0.15, 0.2) is 6.10 Å². The van der Waals surface area contributed by atoms with Gasteiger partial charge in [0.2, 0.25) is 5.78 Å². The van der Waals surface area contributed by atoms with Gasteiger partial charge in [-0.05, 0) is 31.5 Å². The Morgan fingerprint density at radius 3 is 2.72 bits per heavy atom. The zero-order valence-corrected chi connectivity index (χ0v) is 10.4. The van der Waals surface area contributed by atoms with Crippen LogP contribution in [0.3, 0.4) is 0 Å². The lowest BCUT2D eigenvalue weighted by Crippen LogP contribution is -2.25. The topological polar surface area (TPSA) is 39.4 Å². The van der Waals surface area contributed by atoms with Gasteiger partial charge in [-0.3, -0.25) is 4.79 Å². The number of ketones is 1. The van der Waals surface area contributed by atoms with E-state index in [9.17, 15) is 4.79 Å². The fourth-order valence-corrected chi connectivity index (χ4v) is 2.38. The minimum atomic E-state index is -0.418. The van der Waals surface area contributed by atoms with Crippen molar-refractivity contribution >= 4 is 5.78 Å². The second-order valence-electron chi connectivity index (χ2n) is 4.61. The molecule has 0 saturated heterocycles. The number of carbonyl (C=O) groups excluding carboxylic acids is 1. The maximum Gasteiger partial charge on any atom is 0.207 e. The molecule has 0 amide bonds. The molecular formula is C15H14O3. The summed E-state index contributed by atoms with van der Waals surface area (Å²) in [5.74, 6) is 2.23. The first-order valence-corrected chi connectivity index (χ1v) is 6.01. The van der Waals surface area contributed by atoms with Gasteiger partial charge >= 0.3 is 0 Å². The molecule has 1 aromatic carbocycles. The second kappa shape index (κ2) is 4.02. The minimum absolute atomic E-state index is 0.000509. The van der Waals surface area contributed by atoms with E-state index in [1.165, 1.54) is 0 Å². The monoisotopic (exact) mass is 242 g/mol. The quantitative estimate of drug-likeness (QED) is 0.760. The molecule has 0 radical (unpaired) electrons. The average molecular weight is 242 g/mol. The lowest BCUT2D eigenvalue weighted by atomic mass is 10.0. The van der Waals surface area contributed by atoms with E-state index in [0.717, 1.165) is 17.1 Å². The van der Waals surface area contributed by atoms with Crippen LogP contribution in [0.15, 0.2) is 34.7 Å². The van der Waals surface area contributed by atoms with Crippen molar-refractivity contribution in [3.05, 3.63) is 53.0 Å². The number of ether oxygens (including phenoxy) is 1. The molecule has 3 heteroatoms. The van der Waals surface area contributed by atoms with Crippen molar-refractivity contribution in [3.63, 3.8) is 0 Å². The summed E-state index contributed by atoms with van der Waals surface area (Å²) >= 11 is 0. The molecule has 0 spiro atoms. The van der Waals surface area contributed by atoms with Crippen LogP contribution in [-0.4, -0.2) is 11.9 Å². The summed E-state index contributed by atoms with van der Waals surface area (Å²) in [6.45, 7) is 3.65. The van der Waals surface area contributed by atoms with Gasteiger partial charge in [0.05, 0.1) is 5.56 Å². The maximum atomic E-state index is 12.4. The number of benzene rings is 1. The SMILES string of the molecule is Cc1cc(C(=O)C2Cc3ccccc3O2)c(C)o1. The molecule has 0 bridgehead atoms. The molecule has 0 N–H and O–H groups in total. The van der Waals surface area contributed by atoms with Gasteiger partial charge in [-0.2, -0.15) is 0 Å². The molecule has 1 aromatic heterocycles. The molecule has 0 aliphatic carbocycles. The van der Waals surface area contributed by atoms with Crippen molar-refractivity contribution in [2.24, 2.45) is 0 Å². The average Bonchev–Trinajstić information content (AvgIpc) is 2.91. The van der Waals surface area contributed by atoms with Crippen molar-refractivity contribution < 1.29 is 13.9 Å². The highest BCUT2D eigenvalue weighted by molar-refractivity contribution is 6.01. The Bertz CT molecular complexity index is 585. The van der Waals surface area contributed by atoms with E-state index in [1.54, 1.807) is 6.07 Å². The number of hydrogen-bond donors (Lipinski definition) is 0. The van der Waals surface area contributed by atoms with Gasteiger partial charge in [-0.25, -0.2) is 0 Å². The van der Waals surface area contributed by atoms with E-state index in [2.05, 4.69) is 0 Å². The summed E-state index contributed by atoms with van der Waals surface area (Å²) in [4.78, 5) is 12.4. The molecule has 1 aliphatic rings. The molecule has 2 heterocycles. The third kappa shape index (κ3) is 1.72. The Morgan fingerprint density at radius 2 is 2.06 bits per heavy atom. The highest BCUT2D eigenvalue weighted by Gasteiger charge is 2.31.